The summed E-state index contributed by atoms with van der Waals surface area (Å²) in [5, 5.41) is 10.7. The van der Waals surface area contributed by atoms with E-state index < -0.39 is 23.6 Å². The lowest BCUT2D eigenvalue weighted by Gasteiger charge is -2.37. The molecule has 3 aliphatic rings. The summed E-state index contributed by atoms with van der Waals surface area (Å²) in [5.41, 5.74) is 9.34. The average Bonchev–Trinajstić information content (AvgIpc) is 3.74. The predicted molar refractivity (Wildman–Crippen MR) is 161 cm³/mol. The zero-order valence-electron chi connectivity index (χ0n) is 25.1. The van der Waals surface area contributed by atoms with Crippen molar-refractivity contribution in [3.05, 3.63) is 59.2 Å². The standard InChI is InChI=1S/C33H45N3O6/c1-4-5-12-36(25-8-6-7-22(16-25)19-34)29(37)21-35-20-26(23-9-10-28-24(17-23)11-13-40-28)30(31(38)39)27(35)18-33(2,3)32-41-14-15-42-32/h6-10,16-17,26-27,30,32H,4-5,11-15,18-21,34H2,1-3H3,(H,38,39). The molecule has 1 amide bonds. The first-order valence-corrected chi connectivity index (χ1v) is 15.3. The Morgan fingerprint density at radius 3 is 2.62 bits per heavy atom. The summed E-state index contributed by atoms with van der Waals surface area (Å²) in [6, 6.07) is 13.5. The highest BCUT2D eigenvalue weighted by atomic mass is 16.7. The largest absolute Gasteiger partial charge is 0.493 e. The number of carbonyl (C=O) groups is 2. The number of unbranched alkanes of at least 4 members (excludes halogenated alkanes) is 1. The maximum Gasteiger partial charge on any atom is 0.308 e. The second kappa shape index (κ2) is 13.1. The monoisotopic (exact) mass is 579 g/mol. The van der Waals surface area contributed by atoms with Gasteiger partial charge in [-0.05, 0) is 47.7 Å². The van der Waals surface area contributed by atoms with Crippen molar-refractivity contribution in [3.63, 3.8) is 0 Å². The molecule has 2 saturated heterocycles. The van der Waals surface area contributed by atoms with Gasteiger partial charge in [0.05, 0.1) is 32.3 Å². The molecule has 0 aromatic heterocycles. The Hall–Kier alpha value is -2.98. The molecule has 2 fully saturated rings. The Bertz CT molecular complexity index is 1260. The summed E-state index contributed by atoms with van der Waals surface area (Å²) >= 11 is 0. The van der Waals surface area contributed by atoms with Crippen molar-refractivity contribution in [3.8, 4) is 5.75 Å². The fourth-order valence-electron chi connectivity index (χ4n) is 6.79. The van der Waals surface area contributed by atoms with Crippen molar-refractivity contribution in [1.82, 2.24) is 4.90 Å². The van der Waals surface area contributed by atoms with E-state index in [9.17, 15) is 14.7 Å². The minimum absolute atomic E-state index is 0.0408. The highest BCUT2D eigenvalue weighted by molar-refractivity contribution is 5.95. The van der Waals surface area contributed by atoms with Gasteiger partial charge in [-0.3, -0.25) is 14.5 Å². The molecule has 42 heavy (non-hydrogen) atoms. The molecule has 3 heterocycles. The van der Waals surface area contributed by atoms with Gasteiger partial charge in [0.25, 0.3) is 0 Å². The molecule has 9 heteroatoms. The van der Waals surface area contributed by atoms with Crippen LogP contribution in [0.1, 0.15) is 62.6 Å². The van der Waals surface area contributed by atoms with Crippen LogP contribution >= 0.6 is 0 Å². The van der Waals surface area contributed by atoms with Crippen LogP contribution in [0.25, 0.3) is 0 Å². The molecule has 3 N–H and O–H groups in total. The van der Waals surface area contributed by atoms with Crippen LogP contribution in [0.3, 0.4) is 0 Å². The van der Waals surface area contributed by atoms with Crippen molar-refractivity contribution < 1.29 is 28.9 Å². The number of carboxylic acids is 1. The summed E-state index contributed by atoms with van der Waals surface area (Å²) in [6.45, 7) is 9.51. The van der Waals surface area contributed by atoms with Crippen LogP contribution in [0.4, 0.5) is 5.69 Å². The van der Waals surface area contributed by atoms with Crippen LogP contribution < -0.4 is 15.4 Å². The van der Waals surface area contributed by atoms with Crippen molar-refractivity contribution in [2.45, 2.75) is 71.2 Å². The van der Waals surface area contributed by atoms with E-state index in [1.807, 2.05) is 41.3 Å². The maximum absolute atomic E-state index is 14.1. The van der Waals surface area contributed by atoms with Gasteiger partial charge in [0.1, 0.15) is 5.75 Å². The third kappa shape index (κ3) is 6.49. The number of nitrogens with two attached hydrogens (primary N) is 1. The number of ether oxygens (including phenoxy) is 3. The maximum atomic E-state index is 14.1. The van der Waals surface area contributed by atoms with E-state index in [0.717, 1.165) is 47.4 Å². The van der Waals surface area contributed by atoms with E-state index in [-0.39, 0.29) is 24.4 Å². The molecular weight excluding hydrogens is 534 g/mol. The first kappa shape index (κ1) is 30.5. The minimum Gasteiger partial charge on any atom is -0.493 e. The quantitative estimate of drug-likeness (QED) is 0.385. The number of amides is 1. The van der Waals surface area contributed by atoms with Gasteiger partial charge in [0, 0.05) is 49.1 Å². The van der Waals surface area contributed by atoms with E-state index in [0.29, 0.717) is 45.9 Å². The molecule has 0 bridgehead atoms. The number of anilines is 1. The lowest BCUT2D eigenvalue weighted by atomic mass is 9.77. The van der Waals surface area contributed by atoms with E-state index in [4.69, 9.17) is 19.9 Å². The predicted octanol–water partition coefficient (Wildman–Crippen LogP) is 4.17. The molecular formula is C33H45N3O6. The van der Waals surface area contributed by atoms with Crippen LogP contribution in [-0.2, 0) is 32.0 Å². The van der Waals surface area contributed by atoms with Gasteiger partial charge in [-0.15, -0.1) is 0 Å². The van der Waals surface area contributed by atoms with Gasteiger partial charge >= 0.3 is 5.97 Å². The van der Waals surface area contributed by atoms with Crippen molar-refractivity contribution in [1.29, 1.82) is 0 Å². The van der Waals surface area contributed by atoms with Crippen LogP contribution in [0.15, 0.2) is 42.5 Å². The fourth-order valence-corrected chi connectivity index (χ4v) is 6.79. The molecule has 0 radical (unpaired) electrons. The number of benzene rings is 2. The summed E-state index contributed by atoms with van der Waals surface area (Å²) in [4.78, 5) is 31.0. The normalized spacial score (nSPS) is 22.7. The first-order chi connectivity index (χ1) is 20.2. The number of nitrogens with zero attached hydrogens (tertiary/aromatic N) is 2. The summed E-state index contributed by atoms with van der Waals surface area (Å²) in [5.74, 6) is -0.976. The van der Waals surface area contributed by atoms with Crippen molar-refractivity contribution in [2.24, 2.45) is 17.1 Å². The molecule has 0 aliphatic carbocycles. The Kier molecular flexibility index (Phi) is 9.52. The lowest BCUT2D eigenvalue weighted by molar-refractivity contribution is -0.147. The topological polar surface area (TPSA) is 115 Å². The van der Waals surface area contributed by atoms with E-state index in [2.05, 4.69) is 31.7 Å². The molecule has 0 saturated carbocycles. The highest BCUT2D eigenvalue weighted by Gasteiger charge is 2.50. The van der Waals surface area contributed by atoms with Crippen LogP contribution in [0.2, 0.25) is 0 Å². The van der Waals surface area contributed by atoms with Gasteiger partial charge in [0.2, 0.25) is 5.91 Å². The molecule has 3 aliphatic heterocycles. The molecule has 2 aromatic rings. The number of likely N-dealkylation sites (tertiary alicyclic amines) is 1. The van der Waals surface area contributed by atoms with Crippen molar-refractivity contribution >= 4 is 17.6 Å². The van der Waals surface area contributed by atoms with Crippen LogP contribution in [0, 0.1) is 11.3 Å². The van der Waals surface area contributed by atoms with Gasteiger partial charge in [-0.2, -0.15) is 0 Å². The Morgan fingerprint density at radius 2 is 1.90 bits per heavy atom. The lowest BCUT2D eigenvalue weighted by Crippen LogP contribution is -2.47. The average molecular weight is 580 g/mol. The third-order valence-electron chi connectivity index (χ3n) is 9.00. The van der Waals surface area contributed by atoms with E-state index in [1.165, 1.54) is 0 Å². The summed E-state index contributed by atoms with van der Waals surface area (Å²) in [6.07, 6.45) is 2.73. The Balaban J connectivity index is 1.47. The molecule has 3 unspecified atom stereocenters. The molecule has 0 spiro atoms. The second-order valence-corrected chi connectivity index (χ2v) is 12.5. The number of carbonyl (C=O) groups excluding carboxylic acids is 1. The SMILES string of the molecule is CCCCN(C(=O)CN1CC(c2ccc3c(c2)CCO3)C(C(=O)O)C1CC(C)(C)C1OCCO1)c1cccc(CN)c1. The fraction of sp³-hybridized carbons (Fsp3) is 0.576. The third-order valence-corrected chi connectivity index (χ3v) is 9.00. The second-order valence-electron chi connectivity index (χ2n) is 12.5. The molecule has 2 aromatic carbocycles. The molecule has 5 rings (SSSR count). The molecule has 9 nitrogen and oxygen atoms in total. The number of rotatable bonds is 12. The van der Waals surface area contributed by atoms with Crippen LogP contribution in [0.5, 0.6) is 5.75 Å². The zero-order valence-corrected chi connectivity index (χ0v) is 25.1. The smallest absolute Gasteiger partial charge is 0.308 e. The van der Waals surface area contributed by atoms with Crippen LogP contribution in [-0.4, -0.2) is 73.7 Å². The van der Waals surface area contributed by atoms with E-state index >= 15 is 0 Å². The van der Waals surface area contributed by atoms with Gasteiger partial charge in [-0.1, -0.05) is 51.5 Å². The zero-order chi connectivity index (χ0) is 29.9. The van der Waals surface area contributed by atoms with E-state index in [1.54, 1.807) is 0 Å². The Morgan fingerprint density at radius 1 is 1.12 bits per heavy atom. The minimum atomic E-state index is -0.848. The number of hydrogen-bond acceptors (Lipinski definition) is 7. The summed E-state index contributed by atoms with van der Waals surface area (Å²) < 4.78 is 17.5. The van der Waals surface area contributed by atoms with Gasteiger partial charge in [-0.25, -0.2) is 0 Å². The Labute approximate surface area is 248 Å². The molecule has 3 atom stereocenters. The molecule has 228 valence electrons. The number of carboxylic acid groups (broad SMARTS) is 1. The highest BCUT2D eigenvalue weighted by Crippen LogP contribution is 2.45. The van der Waals surface area contributed by atoms with Crippen molar-refractivity contribution in [2.75, 3.05) is 44.4 Å². The summed E-state index contributed by atoms with van der Waals surface area (Å²) in [7, 11) is 0. The first-order valence-electron chi connectivity index (χ1n) is 15.3. The number of fused-ring (bicyclic) bond motifs is 1. The van der Waals surface area contributed by atoms with Gasteiger partial charge in [0.15, 0.2) is 6.29 Å². The van der Waals surface area contributed by atoms with Gasteiger partial charge < -0.3 is 30.0 Å². The number of hydrogen-bond donors (Lipinski definition) is 2. The number of aliphatic carboxylic acids is 1.